The summed E-state index contributed by atoms with van der Waals surface area (Å²) in [5.74, 6) is -0.329. The first kappa shape index (κ1) is 14.0. The molecule has 19 heavy (non-hydrogen) atoms. The Balaban J connectivity index is 1.96. The predicted molar refractivity (Wildman–Crippen MR) is 71.1 cm³/mol. The van der Waals surface area contributed by atoms with E-state index in [9.17, 15) is 14.3 Å². The molecular formula is C15H20FNO2. The van der Waals surface area contributed by atoms with Gasteiger partial charge in [-0.05, 0) is 30.5 Å². The molecule has 2 rings (SSSR count). The number of rotatable bonds is 3. The van der Waals surface area contributed by atoms with Crippen LogP contribution in [0.4, 0.5) is 4.39 Å². The van der Waals surface area contributed by atoms with E-state index >= 15 is 0 Å². The predicted octanol–water partition coefficient (Wildman–Crippen LogP) is 2.13. The van der Waals surface area contributed by atoms with E-state index < -0.39 is 6.10 Å². The first-order valence-electron chi connectivity index (χ1n) is 6.76. The lowest BCUT2D eigenvalue weighted by Gasteiger charge is -2.35. The molecule has 0 saturated heterocycles. The van der Waals surface area contributed by atoms with Gasteiger partial charge in [0, 0.05) is 7.05 Å². The number of benzene rings is 1. The Morgan fingerprint density at radius 1 is 1.32 bits per heavy atom. The highest BCUT2D eigenvalue weighted by molar-refractivity contribution is 5.78. The van der Waals surface area contributed by atoms with Crippen molar-refractivity contribution in [2.45, 2.75) is 44.2 Å². The van der Waals surface area contributed by atoms with Gasteiger partial charge in [0.05, 0.1) is 18.6 Å². The van der Waals surface area contributed by atoms with Gasteiger partial charge in [0.25, 0.3) is 0 Å². The second kappa shape index (κ2) is 6.15. The van der Waals surface area contributed by atoms with E-state index in [1.165, 1.54) is 12.1 Å². The summed E-state index contributed by atoms with van der Waals surface area (Å²) in [6.07, 6.45) is 3.52. The number of carbonyl (C=O) groups excluding carboxylic acids is 1. The third kappa shape index (κ3) is 3.53. The van der Waals surface area contributed by atoms with Crippen molar-refractivity contribution in [3.05, 3.63) is 35.6 Å². The molecule has 2 atom stereocenters. The van der Waals surface area contributed by atoms with Gasteiger partial charge in [-0.15, -0.1) is 0 Å². The monoisotopic (exact) mass is 265 g/mol. The molecular weight excluding hydrogens is 245 g/mol. The van der Waals surface area contributed by atoms with Crippen LogP contribution in [-0.2, 0) is 11.2 Å². The van der Waals surface area contributed by atoms with Crippen molar-refractivity contribution in [1.82, 2.24) is 4.90 Å². The Labute approximate surface area is 113 Å². The molecule has 1 N–H and O–H groups in total. The van der Waals surface area contributed by atoms with E-state index in [0.29, 0.717) is 0 Å². The Morgan fingerprint density at radius 3 is 2.58 bits per heavy atom. The standard InChI is InChI=1S/C15H20FNO2/c1-17(13-4-2-3-5-14(13)18)15(19)10-11-6-8-12(16)9-7-11/h6-9,13-14,18H,2-5,10H2,1H3/t13-,14-/m1/s1. The minimum absolute atomic E-state index is 0.0300. The quantitative estimate of drug-likeness (QED) is 0.909. The van der Waals surface area contributed by atoms with Crippen molar-refractivity contribution < 1.29 is 14.3 Å². The fourth-order valence-corrected chi connectivity index (χ4v) is 2.63. The van der Waals surface area contributed by atoms with Crippen LogP contribution in [0.5, 0.6) is 0 Å². The van der Waals surface area contributed by atoms with Crippen molar-refractivity contribution in [2.75, 3.05) is 7.05 Å². The summed E-state index contributed by atoms with van der Waals surface area (Å²) in [5.41, 5.74) is 0.795. The number of amides is 1. The van der Waals surface area contributed by atoms with E-state index in [-0.39, 0.29) is 24.2 Å². The summed E-state index contributed by atoms with van der Waals surface area (Å²) in [4.78, 5) is 13.8. The van der Waals surface area contributed by atoms with E-state index in [1.54, 1.807) is 24.1 Å². The zero-order chi connectivity index (χ0) is 13.8. The maximum absolute atomic E-state index is 12.8. The van der Waals surface area contributed by atoms with E-state index in [0.717, 1.165) is 31.2 Å². The second-order valence-electron chi connectivity index (χ2n) is 5.23. The van der Waals surface area contributed by atoms with Crippen molar-refractivity contribution in [2.24, 2.45) is 0 Å². The maximum atomic E-state index is 12.8. The molecule has 1 aliphatic carbocycles. The summed E-state index contributed by atoms with van der Waals surface area (Å²) in [6.45, 7) is 0. The molecule has 1 fully saturated rings. The third-order valence-electron chi connectivity index (χ3n) is 3.85. The zero-order valence-electron chi connectivity index (χ0n) is 11.2. The molecule has 0 spiro atoms. The van der Waals surface area contributed by atoms with Gasteiger partial charge < -0.3 is 10.0 Å². The molecule has 0 aromatic heterocycles. The molecule has 0 radical (unpaired) electrons. The smallest absolute Gasteiger partial charge is 0.227 e. The third-order valence-corrected chi connectivity index (χ3v) is 3.85. The molecule has 4 heteroatoms. The number of likely N-dealkylation sites (N-methyl/N-ethyl adjacent to an activating group) is 1. The van der Waals surface area contributed by atoms with Gasteiger partial charge in [0.1, 0.15) is 5.82 Å². The molecule has 3 nitrogen and oxygen atoms in total. The van der Waals surface area contributed by atoms with Crippen LogP contribution in [0.15, 0.2) is 24.3 Å². The summed E-state index contributed by atoms with van der Waals surface area (Å²) >= 11 is 0. The van der Waals surface area contributed by atoms with Crippen LogP contribution in [0.3, 0.4) is 0 Å². The lowest BCUT2D eigenvalue weighted by molar-refractivity contribution is -0.134. The van der Waals surface area contributed by atoms with E-state index in [2.05, 4.69) is 0 Å². The normalized spacial score (nSPS) is 23.1. The van der Waals surface area contributed by atoms with Gasteiger partial charge in [0.2, 0.25) is 5.91 Å². The highest BCUT2D eigenvalue weighted by atomic mass is 19.1. The minimum atomic E-state index is -0.420. The number of aliphatic hydroxyl groups is 1. The van der Waals surface area contributed by atoms with Crippen LogP contribution in [0.2, 0.25) is 0 Å². The average Bonchev–Trinajstić information content (AvgIpc) is 2.41. The first-order chi connectivity index (χ1) is 9.08. The van der Waals surface area contributed by atoms with Gasteiger partial charge in [-0.1, -0.05) is 25.0 Å². The van der Waals surface area contributed by atoms with Crippen LogP contribution in [0.1, 0.15) is 31.2 Å². The number of aliphatic hydroxyl groups excluding tert-OH is 1. The molecule has 0 heterocycles. The number of hydrogen-bond donors (Lipinski definition) is 1. The van der Waals surface area contributed by atoms with Crippen LogP contribution < -0.4 is 0 Å². The van der Waals surface area contributed by atoms with E-state index in [1.807, 2.05) is 0 Å². The van der Waals surface area contributed by atoms with Gasteiger partial charge in [0.15, 0.2) is 0 Å². The summed E-state index contributed by atoms with van der Waals surface area (Å²) in [5, 5.41) is 9.95. The Kier molecular flexibility index (Phi) is 4.53. The molecule has 0 aliphatic heterocycles. The minimum Gasteiger partial charge on any atom is -0.391 e. The number of halogens is 1. The summed E-state index contributed by atoms with van der Waals surface area (Å²) in [7, 11) is 1.74. The van der Waals surface area contributed by atoms with Gasteiger partial charge >= 0.3 is 0 Å². The zero-order valence-corrected chi connectivity index (χ0v) is 11.2. The molecule has 0 bridgehead atoms. The van der Waals surface area contributed by atoms with Crippen LogP contribution in [0, 0.1) is 5.82 Å². The molecule has 1 aromatic carbocycles. The van der Waals surface area contributed by atoms with Crippen molar-refractivity contribution in [3.8, 4) is 0 Å². The van der Waals surface area contributed by atoms with Crippen molar-refractivity contribution in [3.63, 3.8) is 0 Å². The maximum Gasteiger partial charge on any atom is 0.227 e. The molecule has 1 aliphatic rings. The first-order valence-corrected chi connectivity index (χ1v) is 6.76. The number of nitrogens with zero attached hydrogens (tertiary/aromatic N) is 1. The van der Waals surface area contributed by atoms with Gasteiger partial charge in [-0.2, -0.15) is 0 Å². The Morgan fingerprint density at radius 2 is 1.95 bits per heavy atom. The molecule has 104 valence electrons. The fraction of sp³-hybridized carbons (Fsp3) is 0.533. The largest absolute Gasteiger partial charge is 0.391 e. The van der Waals surface area contributed by atoms with Crippen LogP contribution in [-0.4, -0.2) is 35.1 Å². The van der Waals surface area contributed by atoms with Crippen LogP contribution >= 0.6 is 0 Å². The van der Waals surface area contributed by atoms with Gasteiger partial charge in [-0.3, -0.25) is 4.79 Å². The second-order valence-corrected chi connectivity index (χ2v) is 5.23. The van der Waals surface area contributed by atoms with Gasteiger partial charge in [-0.25, -0.2) is 4.39 Å². The highest BCUT2D eigenvalue weighted by Gasteiger charge is 2.29. The Hall–Kier alpha value is -1.42. The molecule has 1 amide bonds. The topological polar surface area (TPSA) is 40.5 Å². The molecule has 1 saturated carbocycles. The highest BCUT2D eigenvalue weighted by Crippen LogP contribution is 2.22. The Bertz CT molecular complexity index is 432. The van der Waals surface area contributed by atoms with Crippen LogP contribution in [0.25, 0.3) is 0 Å². The lowest BCUT2D eigenvalue weighted by atomic mass is 9.91. The molecule has 1 aromatic rings. The van der Waals surface area contributed by atoms with Crippen molar-refractivity contribution >= 4 is 5.91 Å². The van der Waals surface area contributed by atoms with Crippen molar-refractivity contribution in [1.29, 1.82) is 0 Å². The lowest BCUT2D eigenvalue weighted by Crippen LogP contribution is -2.46. The SMILES string of the molecule is CN(C(=O)Cc1ccc(F)cc1)[C@@H]1CCCC[C@H]1O. The number of carbonyl (C=O) groups is 1. The number of hydrogen-bond acceptors (Lipinski definition) is 2. The summed E-state index contributed by atoms with van der Waals surface area (Å²) in [6, 6.07) is 5.88. The van der Waals surface area contributed by atoms with E-state index in [4.69, 9.17) is 0 Å². The average molecular weight is 265 g/mol. The summed E-state index contributed by atoms with van der Waals surface area (Å²) < 4.78 is 12.8. The molecule has 0 unspecified atom stereocenters. The fourth-order valence-electron chi connectivity index (χ4n) is 2.63.